The van der Waals surface area contributed by atoms with E-state index in [1.54, 1.807) is 13.8 Å². The number of ether oxygens (including phenoxy) is 3. The van der Waals surface area contributed by atoms with E-state index >= 15 is 0 Å². The first-order valence-electron chi connectivity index (χ1n) is 15.2. The molecule has 5 aliphatic carbocycles. The molecular formula is C31H49NO6. The Morgan fingerprint density at radius 2 is 1.68 bits per heavy atom. The lowest BCUT2D eigenvalue weighted by Gasteiger charge is -2.59. The molecule has 5 saturated carbocycles. The molecule has 0 aromatic carbocycles. The van der Waals surface area contributed by atoms with Gasteiger partial charge in [-0.05, 0) is 118 Å². The number of nitrogens with two attached hydrogens (primary N) is 1. The van der Waals surface area contributed by atoms with E-state index in [2.05, 4.69) is 20.8 Å². The van der Waals surface area contributed by atoms with Gasteiger partial charge in [0.2, 0.25) is 0 Å². The molecular weight excluding hydrogens is 482 g/mol. The average molecular weight is 532 g/mol. The predicted molar refractivity (Wildman–Crippen MR) is 142 cm³/mol. The minimum absolute atomic E-state index is 0.0503. The van der Waals surface area contributed by atoms with Gasteiger partial charge < -0.3 is 25.1 Å². The maximum Gasteiger partial charge on any atom is 0.404 e. The zero-order valence-corrected chi connectivity index (χ0v) is 24.3. The van der Waals surface area contributed by atoms with Crippen molar-refractivity contribution in [3.05, 3.63) is 0 Å². The Hall–Kier alpha value is -1.34. The van der Waals surface area contributed by atoms with Gasteiger partial charge >= 0.3 is 12.1 Å². The summed E-state index contributed by atoms with van der Waals surface area (Å²) in [7, 11) is 0. The van der Waals surface area contributed by atoms with Crippen LogP contribution < -0.4 is 5.73 Å². The Balaban J connectivity index is 1.23. The summed E-state index contributed by atoms with van der Waals surface area (Å²) in [5.74, 6) is 2.13. The van der Waals surface area contributed by atoms with E-state index in [4.69, 9.17) is 19.9 Å². The van der Waals surface area contributed by atoms with Crippen LogP contribution in [0.1, 0.15) is 106 Å². The fourth-order valence-electron chi connectivity index (χ4n) is 11.7. The lowest BCUT2D eigenvalue weighted by Crippen LogP contribution is -2.55. The third-order valence-corrected chi connectivity index (χ3v) is 13.1. The molecule has 214 valence electrons. The van der Waals surface area contributed by atoms with Crippen molar-refractivity contribution in [1.29, 1.82) is 0 Å². The minimum atomic E-state index is -1.15. The molecule has 0 aromatic rings. The molecule has 7 heteroatoms. The van der Waals surface area contributed by atoms with Gasteiger partial charge in [0.1, 0.15) is 6.10 Å². The molecule has 2 spiro atoms. The normalized spacial score (nSPS) is 49.3. The quantitative estimate of drug-likeness (QED) is 0.473. The summed E-state index contributed by atoms with van der Waals surface area (Å²) >= 11 is 0. The van der Waals surface area contributed by atoms with Crippen LogP contribution in [0.25, 0.3) is 0 Å². The Morgan fingerprint density at radius 1 is 0.974 bits per heavy atom. The summed E-state index contributed by atoms with van der Waals surface area (Å²) in [5.41, 5.74) is 5.36. The Kier molecular flexibility index (Phi) is 5.90. The van der Waals surface area contributed by atoms with Crippen LogP contribution in [0.3, 0.4) is 0 Å². The van der Waals surface area contributed by atoms with Gasteiger partial charge in [-0.1, -0.05) is 20.8 Å². The fraction of sp³-hybridized carbons (Fsp3) is 0.935. The molecule has 1 amide bonds. The first-order valence-corrected chi connectivity index (χ1v) is 15.2. The molecule has 11 atom stereocenters. The lowest BCUT2D eigenvalue weighted by molar-refractivity contribution is -0.200. The van der Waals surface area contributed by atoms with Crippen molar-refractivity contribution in [2.45, 2.75) is 136 Å². The number of carbonyl (C=O) groups is 2. The molecule has 6 fully saturated rings. The van der Waals surface area contributed by atoms with Gasteiger partial charge in [-0.2, -0.15) is 0 Å². The second-order valence-electron chi connectivity index (χ2n) is 15.4. The van der Waals surface area contributed by atoms with Crippen molar-refractivity contribution < 1.29 is 28.9 Å². The number of rotatable bonds is 4. The Bertz CT molecular complexity index is 1000. The zero-order chi connectivity index (χ0) is 27.5. The summed E-state index contributed by atoms with van der Waals surface area (Å²) in [6.45, 7) is 12.0. The van der Waals surface area contributed by atoms with E-state index in [1.807, 2.05) is 0 Å². The molecule has 0 radical (unpaired) electrons. The fourth-order valence-corrected chi connectivity index (χ4v) is 11.7. The van der Waals surface area contributed by atoms with Crippen LogP contribution in [-0.2, 0) is 19.0 Å². The van der Waals surface area contributed by atoms with Crippen molar-refractivity contribution >= 4 is 12.1 Å². The van der Waals surface area contributed by atoms with Crippen LogP contribution in [0.2, 0.25) is 0 Å². The molecule has 7 nitrogen and oxygen atoms in total. The van der Waals surface area contributed by atoms with E-state index in [0.29, 0.717) is 28.6 Å². The molecule has 1 aliphatic heterocycles. The molecule has 1 heterocycles. The van der Waals surface area contributed by atoms with Gasteiger partial charge in [-0.25, -0.2) is 4.79 Å². The standard InChI is InChI=1S/C31H49NO6/c1-17(33)36-25(28(4,5)35)21-9-7-19-22(37-21)15-20-18-8-10-23-27(2,3)24(38-26(32)34)11-12-31(23)16-30(18,31)14-13-29(19,20)6/h18-25,35H,7-16H2,1-6H3,(H2,32,34)/t18?,19?,20?,21?,22?,23?,24-,25-,29?,30-,31?/m0/s1. The minimum Gasteiger partial charge on any atom is -0.457 e. The van der Waals surface area contributed by atoms with Crippen LogP contribution in [0.15, 0.2) is 0 Å². The third kappa shape index (κ3) is 3.59. The number of aliphatic hydroxyl groups is 1. The van der Waals surface area contributed by atoms with Crippen molar-refractivity contribution in [2.75, 3.05) is 0 Å². The first-order chi connectivity index (χ1) is 17.7. The smallest absolute Gasteiger partial charge is 0.404 e. The van der Waals surface area contributed by atoms with E-state index in [9.17, 15) is 14.7 Å². The van der Waals surface area contributed by atoms with E-state index in [0.717, 1.165) is 38.0 Å². The van der Waals surface area contributed by atoms with Crippen molar-refractivity contribution in [1.82, 2.24) is 0 Å². The number of carbonyl (C=O) groups excluding carboxylic acids is 2. The molecule has 1 saturated heterocycles. The van der Waals surface area contributed by atoms with Crippen LogP contribution >= 0.6 is 0 Å². The molecule has 3 N–H and O–H groups in total. The number of amides is 1. The maximum absolute atomic E-state index is 11.8. The molecule has 0 bridgehead atoms. The predicted octanol–water partition coefficient (Wildman–Crippen LogP) is 5.36. The lowest BCUT2D eigenvalue weighted by atomic mass is 9.46. The second kappa shape index (κ2) is 8.34. The molecule has 0 aromatic heterocycles. The number of hydrogen-bond acceptors (Lipinski definition) is 6. The maximum atomic E-state index is 11.8. The second-order valence-corrected chi connectivity index (χ2v) is 15.4. The molecule has 6 rings (SSSR count). The SMILES string of the molecule is CC(=O)O[C@@H](C1CCC2C(CC3C4CCC5C(C)(C)[C@@H](OC(N)=O)CCC56C[C@@]46CCC23C)O1)C(C)(C)O. The van der Waals surface area contributed by atoms with Gasteiger partial charge in [-0.15, -0.1) is 0 Å². The molecule has 38 heavy (non-hydrogen) atoms. The Morgan fingerprint density at radius 3 is 2.34 bits per heavy atom. The van der Waals surface area contributed by atoms with Gasteiger partial charge in [-0.3, -0.25) is 4.79 Å². The van der Waals surface area contributed by atoms with E-state index < -0.39 is 17.8 Å². The topological polar surface area (TPSA) is 108 Å². The number of primary amides is 1. The monoisotopic (exact) mass is 531 g/mol. The highest BCUT2D eigenvalue weighted by atomic mass is 16.6. The van der Waals surface area contributed by atoms with Crippen LogP contribution in [0.5, 0.6) is 0 Å². The van der Waals surface area contributed by atoms with Gasteiger partial charge in [0.15, 0.2) is 6.10 Å². The van der Waals surface area contributed by atoms with E-state index in [1.165, 1.54) is 39.0 Å². The highest BCUT2D eigenvalue weighted by molar-refractivity contribution is 5.66. The average Bonchev–Trinajstić information content (AvgIpc) is 3.38. The van der Waals surface area contributed by atoms with Crippen LogP contribution in [0, 0.1) is 45.3 Å². The number of hydrogen-bond donors (Lipinski definition) is 2. The van der Waals surface area contributed by atoms with Crippen LogP contribution in [0.4, 0.5) is 4.79 Å². The van der Waals surface area contributed by atoms with E-state index in [-0.39, 0.29) is 35.1 Å². The van der Waals surface area contributed by atoms with Crippen molar-refractivity contribution in [3.8, 4) is 0 Å². The first kappa shape index (κ1) is 26.9. The number of fused-ring (bicyclic) bond motifs is 4. The van der Waals surface area contributed by atoms with Crippen molar-refractivity contribution in [3.63, 3.8) is 0 Å². The molecule has 8 unspecified atom stereocenters. The third-order valence-electron chi connectivity index (χ3n) is 13.1. The summed E-state index contributed by atoms with van der Waals surface area (Å²) in [5, 5.41) is 10.8. The highest BCUT2D eigenvalue weighted by Crippen LogP contribution is 2.87. The van der Waals surface area contributed by atoms with Gasteiger partial charge in [0, 0.05) is 12.3 Å². The Labute approximate surface area is 227 Å². The van der Waals surface area contributed by atoms with Crippen molar-refractivity contribution in [2.24, 2.45) is 51.1 Å². The molecule has 6 aliphatic rings. The summed E-state index contributed by atoms with van der Waals surface area (Å²) in [6.07, 6.45) is 9.95. The number of esters is 1. The largest absolute Gasteiger partial charge is 0.457 e. The summed E-state index contributed by atoms with van der Waals surface area (Å²) < 4.78 is 18.0. The van der Waals surface area contributed by atoms with Gasteiger partial charge in [0.05, 0.1) is 17.8 Å². The highest BCUT2D eigenvalue weighted by Gasteiger charge is 2.81. The zero-order valence-electron chi connectivity index (χ0n) is 24.3. The van der Waals surface area contributed by atoms with Gasteiger partial charge in [0.25, 0.3) is 0 Å². The summed E-state index contributed by atoms with van der Waals surface area (Å²) in [6, 6.07) is 0. The van der Waals surface area contributed by atoms with Crippen LogP contribution in [-0.4, -0.2) is 47.2 Å². The summed E-state index contributed by atoms with van der Waals surface area (Å²) in [4.78, 5) is 23.5.